The maximum absolute atomic E-state index is 13.1. The molecule has 3 nitrogen and oxygen atoms in total. The lowest BCUT2D eigenvalue weighted by Crippen LogP contribution is -2.11. The quantitative estimate of drug-likeness (QED) is 0.779. The first kappa shape index (κ1) is 14.9. The van der Waals surface area contributed by atoms with E-state index in [2.05, 4.69) is 15.9 Å². The van der Waals surface area contributed by atoms with Crippen LogP contribution in [0.15, 0.2) is 45.8 Å². The van der Waals surface area contributed by atoms with Gasteiger partial charge in [0.25, 0.3) is 0 Å². The summed E-state index contributed by atoms with van der Waals surface area (Å²) in [6, 6.07) is 6.74. The minimum Gasteiger partial charge on any atom is -0.378 e. The Morgan fingerprint density at radius 1 is 1.05 bits per heavy atom. The van der Waals surface area contributed by atoms with Crippen molar-refractivity contribution in [3.63, 3.8) is 0 Å². The van der Waals surface area contributed by atoms with Gasteiger partial charge >= 0.3 is 10.1 Å². The molecule has 0 saturated heterocycles. The highest BCUT2D eigenvalue weighted by Gasteiger charge is 2.20. The average molecular weight is 363 g/mol. The molecule has 20 heavy (non-hydrogen) atoms. The second-order valence-electron chi connectivity index (χ2n) is 4.08. The number of benzene rings is 2. The molecule has 2 aromatic carbocycles. The van der Waals surface area contributed by atoms with Crippen molar-refractivity contribution in [3.05, 3.63) is 58.1 Å². The van der Waals surface area contributed by atoms with E-state index in [1.54, 1.807) is 12.1 Å². The van der Waals surface area contributed by atoms with Crippen LogP contribution in [0.4, 0.5) is 8.78 Å². The second-order valence-corrected chi connectivity index (χ2v) is 6.48. The van der Waals surface area contributed by atoms with Gasteiger partial charge < -0.3 is 4.18 Å². The number of aryl methyl sites for hydroxylation is 1. The average Bonchev–Trinajstić information content (AvgIpc) is 2.31. The monoisotopic (exact) mass is 362 g/mol. The van der Waals surface area contributed by atoms with Crippen LogP contribution in [0.2, 0.25) is 0 Å². The lowest BCUT2D eigenvalue weighted by Gasteiger charge is -2.09. The molecule has 0 aliphatic rings. The van der Waals surface area contributed by atoms with E-state index in [0.717, 1.165) is 5.56 Å². The molecule has 0 N–H and O–H groups in total. The first-order chi connectivity index (χ1) is 9.28. The van der Waals surface area contributed by atoms with E-state index in [-0.39, 0.29) is 5.75 Å². The highest BCUT2D eigenvalue weighted by molar-refractivity contribution is 9.10. The minimum absolute atomic E-state index is 0.0419. The van der Waals surface area contributed by atoms with Gasteiger partial charge in [0.2, 0.25) is 0 Å². The number of rotatable bonds is 3. The second kappa shape index (κ2) is 5.49. The molecule has 0 saturated carbocycles. The van der Waals surface area contributed by atoms with E-state index in [9.17, 15) is 17.2 Å². The molecule has 0 atom stereocenters. The third-order valence-electron chi connectivity index (χ3n) is 2.41. The summed E-state index contributed by atoms with van der Waals surface area (Å²) in [6.45, 7) is 1.82. The van der Waals surface area contributed by atoms with Crippen LogP contribution in [-0.2, 0) is 10.1 Å². The Morgan fingerprint density at radius 2 is 1.65 bits per heavy atom. The van der Waals surface area contributed by atoms with Crippen LogP contribution in [0.3, 0.4) is 0 Å². The van der Waals surface area contributed by atoms with Crippen molar-refractivity contribution >= 4 is 26.0 Å². The fraction of sp³-hybridized carbons (Fsp3) is 0.0769. The Balaban J connectivity index is 2.40. The molecule has 106 valence electrons. The zero-order valence-corrected chi connectivity index (χ0v) is 12.6. The Hall–Kier alpha value is -1.47. The molecule has 0 amide bonds. The molecule has 0 bridgehead atoms. The molecule has 2 rings (SSSR count). The van der Waals surface area contributed by atoms with Crippen molar-refractivity contribution in [2.24, 2.45) is 0 Å². The lowest BCUT2D eigenvalue weighted by molar-refractivity contribution is 0.481. The lowest BCUT2D eigenvalue weighted by atomic mass is 10.2. The molecule has 0 aliphatic heterocycles. The number of hydrogen-bond acceptors (Lipinski definition) is 3. The van der Waals surface area contributed by atoms with Gasteiger partial charge in [-0.15, -0.1) is 0 Å². The zero-order chi connectivity index (χ0) is 14.9. The van der Waals surface area contributed by atoms with Gasteiger partial charge in [0.05, 0.1) is 4.47 Å². The molecule has 0 radical (unpaired) electrons. The summed E-state index contributed by atoms with van der Waals surface area (Å²) in [5.74, 6) is -1.94. The number of hydrogen-bond donors (Lipinski definition) is 0. The van der Waals surface area contributed by atoms with Crippen LogP contribution >= 0.6 is 15.9 Å². The predicted molar refractivity (Wildman–Crippen MR) is 73.1 cm³/mol. The van der Waals surface area contributed by atoms with Gasteiger partial charge in [-0.25, -0.2) is 8.78 Å². The smallest absolute Gasteiger partial charge is 0.339 e. The van der Waals surface area contributed by atoms with E-state index >= 15 is 0 Å². The fourth-order valence-corrected chi connectivity index (χ4v) is 3.19. The molecular formula is C13H9BrF2O3S. The molecule has 0 aromatic heterocycles. The van der Waals surface area contributed by atoms with Gasteiger partial charge in [-0.05, 0) is 52.7 Å². The number of halogens is 3. The molecule has 0 fully saturated rings. The van der Waals surface area contributed by atoms with Crippen molar-refractivity contribution in [3.8, 4) is 5.75 Å². The summed E-state index contributed by atoms with van der Waals surface area (Å²) in [5.41, 5.74) is 0.901. The van der Waals surface area contributed by atoms with Crippen molar-refractivity contribution in [2.75, 3.05) is 0 Å². The summed E-state index contributed by atoms with van der Waals surface area (Å²) < 4.78 is 55.4. The first-order valence-electron chi connectivity index (χ1n) is 5.45. The molecule has 0 spiro atoms. The SMILES string of the molecule is Cc1ccc(OS(=O)(=O)c2cc(F)cc(F)c2)c(Br)c1. The summed E-state index contributed by atoms with van der Waals surface area (Å²) in [6.07, 6.45) is 0. The maximum Gasteiger partial charge on any atom is 0.339 e. The molecular weight excluding hydrogens is 354 g/mol. The van der Waals surface area contributed by atoms with Gasteiger partial charge in [-0.3, -0.25) is 0 Å². The van der Waals surface area contributed by atoms with Gasteiger partial charge in [-0.1, -0.05) is 6.07 Å². The van der Waals surface area contributed by atoms with Gasteiger partial charge in [0.15, 0.2) is 5.75 Å². The standard InChI is InChI=1S/C13H9BrF2O3S/c1-8-2-3-13(12(14)4-8)19-20(17,18)11-6-9(15)5-10(16)7-11/h2-7H,1H3. The van der Waals surface area contributed by atoms with Gasteiger partial charge in [0, 0.05) is 6.07 Å². The van der Waals surface area contributed by atoms with Crippen LogP contribution < -0.4 is 4.18 Å². The van der Waals surface area contributed by atoms with Crippen LogP contribution in [0, 0.1) is 18.6 Å². The molecule has 0 unspecified atom stereocenters. The maximum atomic E-state index is 13.1. The Morgan fingerprint density at radius 3 is 2.20 bits per heavy atom. The van der Waals surface area contributed by atoms with Crippen molar-refractivity contribution in [1.29, 1.82) is 0 Å². The molecule has 7 heteroatoms. The largest absolute Gasteiger partial charge is 0.378 e. The third kappa shape index (κ3) is 3.34. The third-order valence-corrected chi connectivity index (χ3v) is 4.24. The topological polar surface area (TPSA) is 43.4 Å². The predicted octanol–water partition coefficient (Wildman–Crippen LogP) is 3.80. The van der Waals surface area contributed by atoms with Gasteiger partial charge in [0.1, 0.15) is 16.5 Å². The van der Waals surface area contributed by atoms with Crippen LogP contribution in [0.5, 0.6) is 5.75 Å². The van der Waals surface area contributed by atoms with Gasteiger partial charge in [-0.2, -0.15) is 8.42 Å². The van der Waals surface area contributed by atoms with E-state index < -0.39 is 26.6 Å². The highest BCUT2D eigenvalue weighted by Crippen LogP contribution is 2.29. The van der Waals surface area contributed by atoms with Crippen LogP contribution in [0.25, 0.3) is 0 Å². The van der Waals surface area contributed by atoms with Crippen LogP contribution in [-0.4, -0.2) is 8.42 Å². The summed E-state index contributed by atoms with van der Waals surface area (Å²) in [7, 11) is -4.30. The first-order valence-corrected chi connectivity index (χ1v) is 7.65. The normalized spacial score (nSPS) is 11.4. The molecule has 0 aliphatic carbocycles. The Bertz CT molecular complexity index is 740. The van der Waals surface area contributed by atoms with Crippen LogP contribution in [0.1, 0.15) is 5.56 Å². The van der Waals surface area contributed by atoms with E-state index in [0.29, 0.717) is 22.7 Å². The van der Waals surface area contributed by atoms with Crippen molar-refractivity contribution < 1.29 is 21.4 Å². The fourth-order valence-electron chi connectivity index (χ4n) is 1.51. The summed E-state index contributed by atoms with van der Waals surface area (Å²) >= 11 is 3.16. The van der Waals surface area contributed by atoms with Crippen molar-refractivity contribution in [1.82, 2.24) is 0 Å². The Kier molecular flexibility index (Phi) is 4.10. The van der Waals surface area contributed by atoms with E-state index in [1.807, 2.05) is 6.92 Å². The zero-order valence-electron chi connectivity index (χ0n) is 10.2. The molecule has 2 aromatic rings. The van der Waals surface area contributed by atoms with E-state index in [1.165, 1.54) is 6.07 Å². The van der Waals surface area contributed by atoms with E-state index in [4.69, 9.17) is 4.18 Å². The molecule has 0 heterocycles. The highest BCUT2D eigenvalue weighted by atomic mass is 79.9. The summed E-state index contributed by atoms with van der Waals surface area (Å²) in [4.78, 5) is -0.581. The summed E-state index contributed by atoms with van der Waals surface area (Å²) in [5, 5.41) is 0. The minimum atomic E-state index is -4.30. The Labute approximate surface area is 123 Å². The van der Waals surface area contributed by atoms with Crippen molar-refractivity contribution in [2.45, 2.75) is 11.8 Å².